The van der Waals surface area contributed by atoms with Crippen molar-refractivity contribution in [3.05, 3.63) is 33.9 Å². The number of nitro groups is 1. The van der Waals surface area contributed by atoms with Crippen LogP contribution < -0.4 is 10.6 Å². The SMILES string of the molecule is Cc1ccc(NC(=O)C2CCNC2C)cc1[N+](=O)[O-]. The lowest BCUT2D eigenvalue weighted by Crippen LogP contribution is -2.32. The van der Waals surface area contributed by atoms with Gasteiger partial charge in [0, 0.05) is 23.4 Å². The Morgan fingerprint density at radius 2 is 2.26 bits per heavy atom. The molecule has 1 aliphatic heterocycles. The maximum absolute atomic E-state index is 12.1. The Morgan fingerprint density at radius 3 is 2.84 bits per heavy atom. The van der Waals surface area contributed by atoms with Crippen LogP contribution >= 0.6 is 0 Å². The molecule has 1 aromatic rings. The van der Waals surface area contributed by atoms with Crippen LogP contribution in [0.2, 0.25) is 0 Å². The van der Waals surface area contributed by atoms with E-state index in [0.29, 0.717) is 11.3 Å². The topological polar surface area (TPSA) is 84.3 Å². The van der Waals surface area contributed by atoms with Gasteiger partial charge in [0.2, 0.25) is 5.91 Å². The molecule has 0 saturated carbocycles. The average Bonchev–Trinajstić information content (AvgIpc) is 2.77. The van der Waals surface area contributed by atoms with Crippen molar-refractivity contribution in [1.82, 2.24) is 5.32 Å². The molecule has 0 spiro atoms. The molecule has 102 valence electrons. The fraction of sp³-hybridized carbons (Fsp3) is 0.462. The number of hydrogen-bond acceptors (Lipinski definition) is 4. The van der Waals surface area contributed by atoms with Crippen molar-refractivity contribution in [3.8, 4) is 0 Å². The summed E-state index contributed by atoms with van der Waals surface area (Å²) in [6, 6.07) is 4.87. The van der Waals surface area contributed by atoms with Gasteiger partial charge in [0.15, 0.2) is 0 Å². The van der Waals surface area contributed by atoms with Crippen LogP contribution in [0.5, 0.6) is 0 Å². The third-order valence-corrected chi connectivity index (χ3v) is 3.54. The van der Waals surface area contributed by atoms with Gasteiger partial charge in [0.05, 0.1) is 10.8 Å². The van der Waals surface area contributed by atoms with Crippen molar-refractivity contribution in [2.24, 2.45) is 5.92 Å². The second kappa shape index (κ2) is 5.36. The maximum Gasteiger partial charge on any atom is 0.274 e. The zero-order chi connectivity index (χ0) is 14.0. The van der Waals surface area contributed by atoms with E-state index in [2.05, 4.69) is 10.6 Å². The lowest BCUT2D eigenvalue weighted by atomic mass is 10.0. The number of carbonyl (C=O) groups is 1. The van der Waals surface area contributed by atoms with E-state index in [4.69, 9.17) is 0 Å². The number of aryl methyl sites for hydroxylation is 1. The minimum Gasteiger partial charge on any atom is -0.326 e. The summed E-state index contributed by atoms with van der Waals surface area (Å²) < 4.78 is 0. The summed E-state index contributed by atoms with van der Waals surface area (Å²) in [5.74, 6) is -0.170. The van der Waals surface area contributed by atoms with Crippen molar-refractivity contribution in [2.45, 2.75) is 26.3 Å². The van der Waals surface area contributed by atoms with E-state index in [1.165, 1.54) is 6.07 Å². The first-order valence-corrected chi connectivity index (χ1v) is 6.28. The molecule has 2 atom stereocenters. The van der Waals surface area contributed by atoms with Crippen LogP contribution in [0.4, 0.5) is 11.4 Å². The Labute approximate surface area is 111 Å². The molecule has 1 saturated heterocycles. The number of nitrogens with zero attached hydrogens (tertiary/aromatic N) is 1. The molecular formula is C13H17N3O3. The standard InChI is InChI=1S/C13H17N3O3/c1-8-3-4-10(7-12(8)16(18)19)15-13(17)11-5-6-14-9(11)2/h3-4,7,9,11,14H,5-6H2,1-2H3,(H,15,17). The molecule has 6 nitrogen and oxygen atoms in total. The second-order valence-corrected chi connectivity index (χ2v) is 4.89. The highest BCUT2D eigenvalue weighted by molar-refractivity contribution is 5.93. The van der Waals surface area contributed by atoms with Gasteiger partial charge in [0.25, 0.3) is 5.69 Å². The molecule has 1 heterocycles. The fourth-order valence-electron chi connectivity index (χ4n) is 2.34. The molecule has 6 heteroatoms. The number of amides is 1. The summed E-state index contributed by atoms with van der Waals surface area (Å²) in [6.45, 7) is 4.47. The van der Waals surface area contributed by atoms with Crippen LogP contribution in [-0.2, 0) is 4.79 Å². The molecule has 0 radical (unpaired) electrons. The van der Waals surface area contributed by atoms with Crippen LogP contribution in [-0.4, -0.2) is 23.4 Å². The van der Waals surface area contributed by atoms with Crippen LogP contribution in [0, 0.1) is 23.0 Å². The molecule has 0 aliphatic carbocycles. The third-order valence-electron chi connectivity index (χ3n) is 3.54. The van der Waals surface area contributed by atoms with Gasteiger partial charge in [-0.2, -0.15) is 0 Å². The van der Waals surface area contributed by atoms with Gasteiger partial charge in [-0.05, 0) is 32.9 Å². The third kappa shape index (κ3) is 2.90. The lowest BCUT2D eigenvalue weighted by Gasteiger charge is -2.15. The van der Waals surface area contributed by atoms with Gasteiger partial charge in [-0.1, -0.05) is 6.07 Å². The van der Waals surface area contributed by atoms with Crippen LogP contribution in [0.15, 0.2) is 18.2 Å². The van der Waals surface area contributed by atoms with E-state index in [9.17, 15) is 14.9 Å². The zero-order valence-corrected chi connectivity index (χ0v) is 11.0. The van der Waals surface area contributed by atoms with Crippen LogP contribution in [0.3, 0.4) is 0 Å². The van der Waals surface area contributed by atoms with Crippen molar-refractivity contribution in [2.75, 3.05) is 11.9 Å². The molecule has 1 fully saturated rings. The highest BCUT2D eigenvalue weighted by Crippen LogP contribution is 2.24. The van der Waals surface area contributed by atoms with Crippen LogP contribution in [0.1, 0.15) is 18.9 Å². The summed E-state index contributed by atoms with van der Waals surface area (Å²) in [4.78, 5) is 22.5. The highest BCUT2D eigenvalue weighted by Gasteiger charge is 2.29. The number of nitrogens with one attached hydrogen (secondary N) is 2. The van der Waals surface area contributed by atoms with Gasteiger partial charge in [-0.25, -0.2) is 0 Å². The summed E-state index contributed by atoms with van der Waals surface area (Å²) in [7, 11) is 0. The van der Waals surface area contributed by atoms with Crippen molar-refractivity contribution in [3.63, 3.8) is 0 Å². The zero-order valence-electron chi connectivity index (χ0n) is 11.0. The van der Waals surface area contributed by atoms with Gasteiger partial charge in [0.1, 0.15) is 0 Å². The van der Waals surface area contributed by atoms with E-state index < -0.39 is 4.92 Å². The summed E-state index contributed by atoms with van der Waals surface area (Å²) in [5, 5.41) is 16.8. The molecule has 0 aromatic heterocycles. The quantitative estimate of drug-likeness (QED) is 0.643. The van der Waals surface area contributed by atoms with Gasteiger partial charge >= 0.3 is 0 Å². The molecule has 2 N–H and O–H groups in total. The molecule has 0 bridgehead atoms. The number of anilines is 1. The van der Waals surface area contributed by atoms with E-state index in [1.807, 2.05) is 6.92 Å². The average molecular weight is 263 g/mol. The molecule has 2 rings (SSSR count). The molecule has 19 heavy (non-hydrogen) atoms. The van der Waals surface area contributed by atoms with E-state index in [1.54, 1.807) is 19.1 Å². The minimum atomic E-state index is -0.440. The van der Waals surface area contributed by atoms with Gasteiger partial charge < -0.3 is 10.6 Å². The highest BCUT2D eigenvalue weighted by atomic mass is 16.6. The molecule has 1 amide bonds. The Morgan fingerprint density at radius 1 is 1.53 bits per heavy atom. The molecule has 1 aromatic carbocycles. The summed E-state index contributed by atoms with van der Waals surface area (Å²) in [5.41, 5.74) is 1.08. The van der Waals surface area contributed by atoms with Crippen molar-refractivity contribution in [1.29, 1.82) is 0 Å². The van der Waals surface area contributed by atoms with Gasteiger partial charge in [-0.3, -0.25) is 14.9 Å². The fourth-order valence-corrected chi connectivity index (χ4v) is 2.34. The van der Waals surface area contributed by atoms with E-state index in [-0.39, 0.29) is 23.6 Å². The normalized spacial score (nSPS) is 22.2. The van der Waals surface area contributed by atoms with Crippen molar-refractivity contribution >= 4 is 17.3 Å². The Balaban J connectivity index is 2.13. The van der Waals surface area contributed by atoms with E-state index >= 15 is 0 Å². The van der Waals surface area contributed by atoms with Crippen LogP contribution in [0.25, 0.3) is 0 Å². The smallest absolute Gasteiger partial charge is 0.274 e. The Kier molecular flexibility index (Phi) is 3.80. The largest absolute Gasteiger partial charge is 0.326 e. The monoisotopic (exact) mass is 263 g/mol. The number of rotatable bonds is 3. The van der Waals surface area contributed by atoms with Gasteiger partial charge in [-0.15, -0.1) is 0 Å². The molecular weight excluding hydrogens is 246 g/mol. The summed E-state index contributed by atoms with van der Waals surface area (Å²) in [6.07, 6.45) is 0.793. The maximum atomic E-state index is 12.1. The Bertz CT molecular complexity index is 516. The predicted octanol–water partition coefficient (Wildman–Crippen LogP) is 1.84. The van der Waals surface area contributed by atoms with E-state index in [0.717, 1.165) is 13.0 Å². The number of benzene rings is 1. The molecule has 2 unspecified atom stereocenters. The summed E-state index contributed by atoms with van der Waals surface area (Å²) >= 11 is 0. The minimum absolute atomic E-state index is 0.0235. The number of hydrogen-bond donors (Lipinski definition) is 2. The number of carbonyl (C=O) groups excluding carboxylic acids is 1. The first-order chi connectivity index (χ1) is 8.99. The van der Waals surface area contributed by atoms with Crippen molar-refractivity contribution < 1.29 is 9.72 Å². The lowest BCUT2D eigenvalue weighted by molar-refractivity contribution is -0.385. The predicted molar refractivity (Wildman–Crippen MR) is 72.0 cm³/mol. The Hall–Kier alpha value is -1.95. The first-order valence-electron chi connectivity index (χ1n) is 6.28. The number of nitro benzene ring substituents is 1. The second-order valence-electron chi connectivity index (χ2n) is 4.89. The molecule has 1 aliphatic rings. The first kappa shape index (κ1) is 13.5.